The van der Waals surface area contributed by atoms with Crippen molar-refractivity contribution in [3.63, 3.8) is 0 Å². The van der Waals surface area contributed by atoms with E-state index in [0.29, 0.717) is 6.54 Å². The van der Waals surface area contributed by atoms with E-state index in [1.165, 1.54) is 0 Å². The molecule has 3 N–H and O–H groups in total. The zero-order valence-electron chi connectivity index (χ0n) is 11.0. The van der Waals surface area contributed by atoms with Crippen LogP contribution >= 0.6 is 0 Å². The molecule has 0 aromatic carbocycles. The zero-order valence-corrected chi connectivity index (χ0v) is 11.0. The van der Waals surface area contributed by atoms with Gasteiger partial charge in [-0.2, -0.15) is 0 Å². The van der Waals surface area contributed by atoms with Crippen LogP contribution in [0.1, 0.15) is 52.9 Å². The number of nitrogens with two attached hydrogens (primary N) is 1. The molecule has 0 bridgehead atoms. The van der Waals surface area contributed by atoms with Gasteiger partial charge in [-0.1, -0.05) is 6.92 Å². The third-order valence-corrected chi connectivity index (χ3v) is 3.84. The lowest BCUT2D eigenvalue weighted by molar-refractivity contribution is -0.144. The summed E-state index contributed by atoms with van der Waals surface area (Å²) in [4.78, 5) is 0. The van der Waals surface area contributed by atoms with E-state index in [4.69, 9.17) is 10.5 Å². The molecule has 0 spiro atoms. The van der Waals surface area contributed by atoms with Gasteiger partial charge in [0, 0.05) is 12.0 Å². The molecule has 2 atom stereocenters. The Morgan fingerprint density at radius 2 is 2.12 bits per heavy atom. The van der Waals surface area contributed by atoms with E-state index >= 15 is 0 Å². The van der Waals surface area contributed by atoms with E-state index in [1.807, 2.05) is 0 Å². The summed E-state index contributed by atoms with van der Waals surface area (Å²) in [5.41, 5.74) is 5.52. The third kappa shape index (κ3) is 3.19. The molecule has 96 valence electrons. The fraction of sp³-hybridized carbons (Fsp3) is 1.00. The first kappa shape index (κ1) is 13.9. The van der Waals surface area contributed by atoms with Gasteiger partial charge < -0.3 is 15.6 Å². The van der Waals surface area contributed by atoms with Gasteiger partial charge in [0.15, 0.2) is 0 Å². The van der Waals surface area contributed by atoms with E-state index < -0.39 is 0 Å². The summed E-state index contributed by atoms with van der Waals surface area (Å²) in [6.45, 7) is 7.75. The summed E-state index contributed by atoms with van der Waals surface area (Å²) in [6, 6.07) is 0. The Balaban J connectivity index is 2.77. The van der Waals surface area contributed by atoms with Crippen molar-refractivity contribution in [2.45, 2.75) is 64.6 Å². The van der Waals surface area contributed by atoms with Crippen molar-refractivity contribution in [2.24, 2.45) is 11.1 Å². The first-order valence-corrected chi connectivity index (χ1v) is 6.48. The molecule has 0 aliphatic carbocycles. The second-order valence-electron chi connectivity index (χ2n) is 5.71. The largest absolute Gasteiger partial charge is 0.393 e. The maximum Gasteiger partial charge on any atom is 0.0632 e. The van der Waals surface area contributed by atoms with Crippen molar-refractivity contribution in [1.29, 1.82) is 0 Å². The van der Waals surface area contributed by atoms with Gasteiger partial charge in [0.25, 0.3) is 0 Å². The van der Waals surface area contributed by atoms with E-state index in [-0.39, 0.29) is 17.1 Å². The van der Waals surface area contributed by atoms with Crippen LogP contribution in [0, 0.1) is 5.41 Å². The minimum Gasteiger partial charge on any atom is -0.393 e. The monoisotopic (exact) mass is 229 g/mol. The number of hydrogen-bond donors (Lipinski definition) is 2. The van der Waals surface area contributed by atoms with Crippen molar-refractivity contribution >= 4 is 0 Å². The molecule has 1 fully saturated rings. The molecule has 0 saturated carbocycles. The summed E-state index contributed by atoms with van der Waals surface area (Å²) in [7, 11) is 0. The maximum atomic E-state index is 10.3. The summed E-state index contributed by atoms with van der Waals surface area (Å²) >= 11 is 0. The van der Waals surface area contributed by atoms with E-state index in [9.17, 15) is 5.11 Å². The quantitative estimate of drug-likeness (QED) is 0.759. The molecule has 0 aromatic rings. The van der Waals surface area contributed by atoms with Crippen molar-refractivity contribution in [2.75, 3.05) is 13.2 Å². The number of aliphatic hydroxyl groups excluding tert-OH is 1. The van der Waals surface area contributed by atoms with Crippen LogP contribution in [0.3, 0.4) is 0 Å². The number of rotatable bonds is 5. The number of ether oxygens (including phenoxy) is 1. The van der Waals surface area contributed by atoms with Gasteiger partial charge >= 0.3 is 0 Å². The van der Waals surface area contributed by atoms with E-state index in [0.717, 1.165) is 38.7 Å². The Kier molecular flexibility index (Phi) is 4.77. The predicted molar refractivity (Wildman–Crippen MR) is 66.3 cm³/mol. The fourth-order valence-corrected chi connectivity index (χ4v) is 3.07. The Hall–Kier alpha value is -0.120. The van der Waals surface area contributed by atoms with Gasteiger partial charge in [0.2, 0.25) is 0 Å². The van der Waals surface area contributed by atoms with Gasteiger partial charge in [0.1, 0.15) is 0 Å². The van der Waals surface area contributed by atoms with Crippen LogP contribution in [0.5, 0.6) is 0 Å². The Bertz CT molecular complexity index is 218. The van der Waals surface area contributed by atoms with Gasteiger partial charge in [0.05, 0.1) is 11.7 Å². The lowest BCUT2D eigenvalue weighted by Gasteiger charge is -2.47. The highest BCUT2D eigenvalue weighted by atomic mass is 16.5. The average Bonchev–Trinajstić information content (AvgIpc) is 2.24. The van der Waals surface area contributed by atoms with E-state index in [2.05, 4.69) is 20.8 Å². The highest BCUT2D eigenvalue weighted by Crippen LogP contribution is 2.45. The molecule has 3 heteroatoms. The molecular weight excluding hydrogens is 202 g/mol. The first-order valence-electron chi connectivity index (χ1n) is 6.48. The van der Waals surface area contributed by atoms with Crippen LogP contribution in [-0.4, -0.2) is 30.0 Å². The molecular formula is C13H27NO2. The molecule has 0 amide bonds. The Morgan fingerprint density at radius 1 is 1.44 bits per heavy atom. The average molecular weight is 229 g/mol. The van der Waals surface area contributed by atoms with Gasteiger partial charge in [-0.3, -0.25) is 0 Å². The molecule has 1 aliphatic rings. The number of hydrogen-bond acceptors (Lipinski definition) is 3. The van der Waals surface area contributed by atoms with Crippen molar-refractivity contribution in [1.82, 2.24) is 0 Å². The van der Waals surface area contributed by atoms with Crippen molar-refractivity contribution in [3.8, 4) is 0 Å². The molecule has 1 saturated heterocycles. The Labute approximate surface area is 99.4 Å². The second kappa shape index (κ2) is 5.48. The molecule has 1 aliphatic heterocycles. The van der Waals surface area contributed by atoms with Gasteiger partial charge in [-0.05, 0) is 52.5 Å². The second-order valence-corrected chi connectivity index (χ2v) is 5.71. The van der Waals surface area contributed by atoms with Crippen LogP contribution in [0.4, 0.5) is 0 Å². The van der Waals surface area contributed by atoms with Crippen LogP contribution in [-0.2, 0) is 4.74 Å². The predicted octanol–water partition coefficient (Wildman–Crippen LogP) is 2.07. The summed E-state index contributed by atoms with van der Waals surface area (Å²) in [5, 5.41) is 10.3. The Morgan fingerprint density at radius 3 is 2.62 bits per heavy atom. The van der Waals surface area contributed by atoms with Crippen LogP contribution in [0.15, 0.2) is 0 Å². The van der Waals surface area contributed by atoms with Crippen LogP contribution in [0.2, 0.25) is 0 Å². The lowest BCUT2D eigenvalue weighted by atomic mass is 9.67. The van der Waals surface area contributed by atoms with Gasteiger partial charge in [-0.15, -0.1) is 0 Å². The highest BCUT2D eigenvalue weighted by Gasteiger charge is 2.44. The summed E-state index contributed by atoms with van der Waals surface area (Å²) in [6.07, 6.45) is 4.52. The standard InChI is InChI=1S/C13H27NO2/c1-4-11(15)13(6-5-8-14)7-9-16-12(2,3)10-13/h11,15H,4-10,14H2,1-3H3. The topological polar surface area (TPSA) is 55.5 Å². The third-order valence-electron chi connectivity index (χ3n) is 3.84. The highest BCUT2D eigenvalue weighted by molar-refractivity contribution is 4.94. The molecule has 2 unspecified atom stereocenters. The number of aliphatic hydroxyl groups is 1. The molecule has 0 aromatic heterocycles. The zero-order chi connectivity index (χ0) is 12.2. The first-order chi connectivity index (χ1) is 7.46. The van der Waals surface area contributed by atoms with Crippen LogP contribution < -0.4 is 5.73 Å². The van der Waals surface area contributed by atoms with Crippen molar-refractivity contribution < 1.29 is 9.84 Å². The summed E-state index contributed by atoms with van der Waals surface area (Å²) in [5.74, 6) is 0. The van der Waals surface area contributed by atoms with Crippen LogP contribution in [0.25, 0.3) is 0 Å². The molecule has 0 radical (unpaired) electrons. The SMILES string of the molecule is CCC(O)C1(CCCN)CCOC(C)(C)C1. The lowest BCUT2D eigenvalue weighted by Crippen LogP contribution is -2.47. The molecule has 16 heavy (non-hydrogen) atoms. The van der Waals surface area contributed by atoms with E-state index in [1.54, 1.807) is 0 Å². The maximum absolute atomic E-state index is 10.3. The van der Waals surface area contributed by atoms with Crippen molar-refractivity contribution in [3.05, 3.63) is 0 Å². The minimum atomic E-state index is -0.220. The fourth-order valence-electron chi connectivity index (χ4n) is 3.07. The minimum absolute atomic E-state index is 0.0237. The normalized spacial score (nSPS) is 31.3. The smallest absolute Gasteiger partial charge is 0.0632 e. The molecule has 1 heterocycles. The molecule has 3 nitrogen and oxygen atoms in total. The summed E-state index contributed by atoms with van der Waals surface area (Å²) < 4.78 is 5.75. The van der Waals surface area contributed by atoms with Gasteiger partial charge in [-0.25, -0.2) is 0 Å². The molecule has 1 rings (SSSR count).